The van der Waals surface area contributed by atoms with Crippen molar-refractivity contribution in [2.45, 2.75) is 19.2 Å². The second kappa shape index (κ2) is 6.83. The number of fused-ring (bicyclic) bond motifs is 2. The zero-order chi connectivity index (χ0) is 16.4. The van der Waals surface area contributed by atoms with Crippen LogP contribution in [0.2, 0.25) is 0 Å². The van der Waals surface area contributed by atoms with Crippen LogP contribution in [0.3, 0.4) is 0 Å². The van der Waals surface area contributed by atoms with Gasteiger partial charge in [-0.3, -0.25) is 9.80 Å². The molecule has 2 aromatic rings. The summed E-state index contributed by atoms with van der Waals surface area (Å²) in [5, 5.41) is 0. The number of nitrogens with one attached hydrogen (secondary N) is 2. The smallest absolute Gasteiger partial charge is 0.240 e. The van der Waals surface area contributed by atoms with Gasteiger partial charge in [-0.05, 0) is 23.8 Å². The van der Waals surface area contributed by atoms with Gasteiger partial charge in [-0.1, -0.05) is 30.3 Å². The van der Waals surface area contributed by atoms with Gasteiger partial charge in [-0.2, -0.15) is 0 Å². The fraction of sp³-hybridized carbons (Fsp3) is 0.400. The van der Waals surface area contributed by atoms with Crippen LogP contribution < -0.4 is 19.3 Å². The average Bonchev–Trinajstić information content (AvgIpc) is 2.89. The number of rotatable bonds is 5. The second-order valence-corrected chi connectivity index (χ2v) is 6.79. The summed E-state index contributed by atoms with van der Waals surface area (Å²) in [6.07, 6.45) is 1.91. The molecule has 2 saturated heterocycles. The van der Waals surface area contributed by atoms with Crippen molar-refractivity contribution >= 4 is 0 Å². The van der Waals surface area contributed by atoms with Crippen molar-refractivity contribution in [3.05, 3.63) is 59.7 Å². The molecule has 0 radical (unpaired) electrons. The van der Waals surface area contributed by atoms with Gasteiger partial charge in [0.15, 0.2) is 11.5 Å². The molecule has 0 saturated carbocycles. The minimum Gasteiger partial charge on any atom is -0.493 e. The molecule has 126 valence electrons. The topological polar surface area (TPSA) is 27.3 Å². The highest BCUT2D eigenvalue weighted by atomic mass is 16.5. The monoisotopic (exact) mass is 326 g/mol. The van der Waals surface area contributed by atoms with Crippen LogP contribution in [-0.4, -0.2) is 33.3 Å². The Labute approximate surface area is 143 Å². The number of hydrogen-bond acceptors (Lipinski definition) is 2. The Morgan fingerprint density at radius 2 is 1.67 bits per heavy atom. The van der Waals surface area contributed by atoms with Crippen molar-refractivity contribution in [1.29, 1.82) is 0 Å². The SMILES string of the molecule is COc1cc(C2[NH+]3CCC[NH+]2CC3)ccc1OCc1ccccc1. The highest BCUT2D eigenvalue weighted by Gasteiger charge is 2.43. The van der Waals surface area contributed by atoms with Crippen molar-refractivity contribution in [2.24, 2.45) is 0 Å². The van der Waals surface area contributed by atoms with E-state index < -0.39 is 0 Å². The zero-order valence-electron chi connectivity index (χ0n) is 14.3. The Hall–Kier alpha value is -2.04. The van der Waals surface area contributed by atoms with Crippen LogP contribution in [0.5, 0.6) is 11.5 Å². The van der Waals surface area contributed by atoms with Crippen molar-refractivity contribution in [3.63, 3.8) is 0 Å². The van der Waals surface area contributed by atoms with Gasteiger partial charge in [-0.15, -0.1) is 0 Å². The van der Waals surface area contributed by atoms with Gasteiger partial charge >= 0.3 is 0 Å². The Balaban J connectivity index is 1.52. The van der Waals surface area contributed by atoms with Crippen LogP contribution in [0.4, 0.5) is 0 Å². The highest BCUT2D eigenvalue weighted by molar-refractivity contribution is 5.43. The molecule has 4 heteroatoms. The van der Waals surface area contributed by atoms with Crippen molar-refractivity contribution in [3.8, 4) is 11.5 Å². The summed E-state index contributed by atoms with van der Waals surface area (Å²) in [5.41, 5.74) is 2.54. The molecule has 2 aromatic carbocycles. The van der Waals surface area contributed by atoms with E-state index in [1.165, 1.54) is 43.7 Å². The van der Waals surface area contributed by atoms with E-state index >= 15 is 0 Å². The summed E-state index contributed by atoms with van der Waals surface area (Å²) in [6, 6.07) is 16.7. The summed E-state index contributed by atoms with van der Waals surface area (Å²) in [6.45, 7) is 5.73. The maximum absolute atomic E-state index is 5.99. The molecule has 0 spiro atoms. The van der Waals surface area contributed by atoms with E-state index in [1.807, 2.05) is 18.2 Å². The maximum Gasteiger partial charge on any atom is 0.240 e. The fourth-order valence-electron chi connectivity index (χ4n) is 4.17. The third-order valence-corrected chi connectivity index (χ3v) is 5.34. The summed E-state index contributed by atoms with van der Waals surface area (Å²) in [5.74, 6) is 1.66. The van der Waals surface area contributed by atoms with E-state index in [0.29, 0.717) is 12.8 Å². The molecule has 2 atom stereocenters. The normalized spacial score (nSPS) is 25.5. The lowest BCUT2D eigenvalue weighted by Crippen LogP contribution is -3.26. The number of hydrogen-bond donors (Lipinski definition) is 2. The van der Waals surface area contributed by atoms with Crippen LogP contribution in [0, 0.1) is 0 Å². The number of methoxy groups -OCH3 is 1. The Bertz CT molecular complexity index is 673. The first-order valence-corrected chi connectivity index (χ1v) is 8.89. The minimum absolute atomic E-state index is 0.564. The van der Waals surface area contributed by atoms with Gasteiger partial charge < -0.3 is 9.47 Å². The van der Waals surface area contributed by atoms with Gasteiger partial charge in [0.1, 0.15) is 19.7 Å². The highest BCUT2D eigenvalue weighted by Crippen LogP contribution is 2.30. The molecule has 0 aliphatic carbocycles. The van der Waals surface area contributed by atoms with E-state index in [9.17, 15) is 0 Å². The zero-order valence-corrected chi connectivity index (χ0v) is 14.3. The molecule has 2 aliphatic rings. The number of quaternary nitrogens is 2. The Morgan fingerprint density at radius 1 is 0.917 bits per heavy atom. The lowest BCUT2D eigenvalue weighted by Gasteiger charge is -2.29. The van der Waals surface area contributed by atoms with E-state index in [2.05, 4.69) is 30.3 Å². The van der Waals surface area contributed by atoms with Crippen LogP contribution >= 0.6 is 0 Å². The molecule has 2 unspecified atom stereocenters. The molecular weight excluding hydrogens is 300 g/mol. The van der Waals surface area contributed by atoms with Gasteiger partial charge in [0.25, 0.3) is 0 Å². The molecule has 2 N–H and O–H groups in total. The van der Waals surface area contributed by atoms with Crippen molar-refractivity contribution in [2.75, 3.05) is 33.3 Å². The maximum atomic E-state index is 5.99. The van der Waals surface area contributed by atoms with Gasteiger partial charge in [0, 0.05) is 6.42 Å². The van der Waals surface area contributed by atoms with Crippen LogP contribution in [0.15, 0.2) is 48.5 Å². The molecule has 2 fully saturated rings. The Morgan fingerprint density at radius 3 is 2.38 bits per heavy atom. The lowest BCUT2D eigenvalue weighted by atomic mass is 10.1. The van der Waals surface area contributed by atoms with Gasteiger partial charge in [0.05, 0.1) is 25.8 Å². The number of ether oxygens (including phenoxy) is 2. The molecule has 2 aliphatic heterocycles. The van der Waals surface area contributed by atoms with Crippen LogP contribution in [0.25, 0.3) is 0 Å². The van der Waals surface area contributed by atoms with E-state index in [0.717, 1.165) is 11.5 Å². The van der Waals surface area contributed by atoms with Crippen LogP contribution in [0.1, 0.15) is 23.7 Å². The first kappa shape index (κ1) is 15.5. The summed E-state index contributed by atoms with van der Waals surface area (Å²) in [4.78, 5) is 3.44. The standard InChI is InChI=1S/C20H24N2O2/c1-23-19-14-17(20-21-10-5-11-22(20)13-12-21)8-9-18(19)24-15-16-6-3-2-4-7-16/h2-4,6-9,14,20H,5,10-13,15H2,1H3/p+2. The average molecular weight is 326 g/mol. The lowest BCUT2D eigenvalue weighted by molar-refractivity contribution is -1.09. The van der Waals surface area contributed by atoms with Gasteiger partial charge in [0.2, 0.25) is 6.17 Å². The first-order valence-electron chi connectivity index (χ1n) is 8.89. The quantitative estimate of drug-likeness (QED) is 0.835. The minimum atomic E-state index is 0.564. The number of benzene rings is 2. The molecular formula is C20H26N2O2+2. The Kier molecular flexibility index (Phi) is 4.41. The summed E-state index contributed by atoms with van der Waals surface area (Å²) in [7, 11) is 1.73. The largest absolute Gasteiger partial charge is 0.493 e. The fourth-order valence-corrected chi connectivity index (χ4v) is 4.17. The molecule has 2 bridgehead atoms. The van der Waals surface area contributed by atoms with Crippen molar-refractivity contribution in [1.82, 2.24) is 0 Å². The second-order valence-electron chi connectivity index (χ2n) is 6.79. The van der Waals surface area contributed by atoms with E-state index in [1.54, 1.807) is 16.9 Å². The molecule has 2 heterocycles. The predicted octanol–water partition coefficient (Wildman–Crippen LogP) is 0.460. The van der Waals surface area contributed by atoms with Gasteiger partial charge in [-0.25, -0.2) is 0 Å². The van der Waals surface area contributed by atoms with E-state index in [4.69, 9.17) is 9.47 Å². The molecule has 4 rings (SSSR count). The molecule has 0 aromatic heterocycles. The molecule has 4 nitrogen and oxygen atoms in total. The predicted molar refractivity (Wildman–Crippen MR) is 92.5 cm³/mol. The third kappa shape index (κ3) is 2.99. The third-order valence-electron chi connectivity index (χ3n) is 5.34. The van der Waals surface area contributed by atoms with Crippen LogP contribution in [-0.2, 0) is 6.61 Å². The summed E-state index contributed by atoms with van der Waals surface area (Å²) >= 11 is 0. The summed E-state index contributed by atoms with van der Waals surface area (Å²) < 4.78 is 11.6. The van der Waals surface area contributed by atoms with Crippen molar-refractivity contribution < 1.29 is 19.3 Å². The molecule has 24 heavy (non-hydrogen) atoms. The molecule has 0 amide bonds. The van der Waals surface area contributed by atoms with E-state index in [-0.39, 0.29) is 0 Å². The first-order chi connectivity index (χ1) is 11.8.